The molecule has 84 valence electrons. The summed E-state index contributed by atoms with van der Waals surface area (Å²) < 4.78 is 0. The van der Waals surface area contributed by atoms with Crippen LogP contribution in [0.5, 0.6) is 0 Å². The number of nitrogens with zero attached hydrogens (tertiary/aromatic N) is 1. The molecular weight excluding hydrogens is 208 g/mol. The van der Waals surface area contributed by atoms with Gasteiger partial charge in [-0.15, -0.1) is 0 Å². The fraction of sp³-hybridized carbons (Fsp3) is 0.100. The van der Waals surface area contributed by atoms with Crippen molar-refractivity contribution in [1.82, 2.24) is 5.43 Å². The van der Waals surface area contributed by atoms with Crippen molar-refractivity contribution in [3.63, 3.8) is 0 Å². The zero-order valence-corrected chi connectivity index (χ0v) is 8.73. The van der Waals surface area contributed by atoms with Crippen molar-refractivity contribution in [1.29, 1.82) is 0 Å². The van der Waals surface area contributed by atoms with Crippen LogP contribution in [0.3, 0.4) is 0 Å². The fourth-order valence-corrected chi connectivity index (χ4v) is 1.08. The second kappa shape index (κ2) is 5.50. The summed E-state index contributed by atoms with van der Waals surface area (Å²) in [7, 11) is 0. The first kappa shape index (κ1) is 11.7. The van der Waals surface area contributed by atoms with E-state index in [1.165, 1.54) is 13.1 Å². The number of primary amides is 1. The van der Waals surface area contributed by atoms with Gasteiger partial charge in [0, 0.05) is 18.2 Å². The molecule has 0 aliphatic rings. The Morgan fingerprint density at radius 3 is 2.69 bits per heavy atom. The molecule has 0 aromatic heterocycles. The van der Waals surface area contributed by atoms with E-state index in [2.05, 4.69) is 15.8 Å². The average molecular weight is 220 g/mol. The standard InChI is InChI=1S/C10H12N4O2/c1-7(15)13-9-5-3-2-4-8(9)6-12-14-10(11)16/h2-6H,1H3,(H,13,15)(H3,11,14,16). The summed E-state index contributed by atoms with van der Waals surface area (Å²) >= 11 is 0. The molecule has 0 radical (unpaired) electrons. The van der Waals surface area contributed by atoms with Crippen molar-refractivity contribution >= 4 is 23.8 Å². The molecule has 16 heavy (non-hydrogen) atoms. The van der Waals surface area contributed by atoms with Gasteiger partial charge in [-0.05, 0) is 6.07 Å². The van der Waals surface area contributed by atoms with Crippen molar-refractivity contribution < 1.29 is 9.59 Å². The number of rotatable bonds is 3. The summed E-state index contributed by atoms with van der Waals surface area (Å²) in [5.41, 5.74) is 8.20. The topological polar surface area (TPSA) is 96.6 Å². The summed E-state index contributed by atoms with van der Waals surface area (Å²) in [6, 6.07) is 6.30. The van der Waals surface area contributed by atoms with Crippen LogP contribution in [0.25, 0.3) is 0 Å². The molecule has 1 aromatic carbocycles. The van der Waals surface area contributed by atoms with Crippen LogP contribution in [0.2, 0.25) is 0 Å². The van der Waals surface area contributed by atoms with Gasteiger partial charge in [0.25, 0.3) is 0 Å². The van der Waals surface area contributed by atoms with Gasteiger partial charge >= 0.3 is 6.03 Å². The molecule has 6 heteroatoms. The van der Waals surface area contributed by atoms with Crippen LogP contribution in [0, 0.1) is 0 Å². The maximum Gasteiger partial charge on any atom is 0.332 e. The SMILES string of the molecule is CC(=O)Nc1ccccc1C=NNC(N)=O. The molecular formula is C10H12N4O2. The van der Waals surface area contributed by atoms with E-state index in [1.54, 1.807) is 24.3 Å². The van der Waals surface area contributed by atoms with Crippen LogP contribution >= 0.6 is 0 Å². The second-order valence-corrected chi connectivity index (χ2v) is 3.00. The third-order valence-corrected chi connectivity index (χ3v) is 1.65. The van der Waals surface area contributed by atoms with Crippen LogP contribution in [-0.2, 0) is 4.79 Å². The first-order chi connectivity index (χ1) is 7.59. The van der Waals surface area contributed by atoms with Gasteiger partial charge in [-0.1, -0.05) is 18.2 Å². The zero-order chi connectivity index (χ0) is 12.0. The molecule has 0 spiro atoms. The number of hydrogen-bond acceptors (Lipinski definition) is 3. The third kappa shape index (κ3) is 3.79. The maximum atomic E-state index is 10.9. The minimum absolute atomic E-state index is 0.177. The van der Waals surface area contributed by atoms with Crippen molar-refractivity contribution in [3.8, 4) is 0 Å². The molecule has 0 unspecified atom stereocenters. The highest BCUT2D eigenvalue weighted by Crippen LogP contribution is 2.12. The lowest BCUT2D eigenvalue weighted by molar-refractivity contribution is -0.114. The fourth-order valence-electron chi connectivity index (χ4n) is 1.08. The van der Waals surface area contributed by atoms with E-state index < -0.39 is 6.03 Å². The Bertz CT molecular complexity index is 429. The number of hydrogen-bond donors (Lipinski definition) is 3. The van der Waals surface area contributed by atoms with Gasteiger partial charge in [0.05, 0.1) is 6.21 Å². The van der Waals surface area contributed by atoms with Gasteiger partial charge in [0.15, 0.2) is 0 Å². The summed E-state index contributed by atoms with van der Waals surface area (Å²) in [6.45, 7) is 1.41. The predicted molar refractivity (Wildman–Crippen MR) is 61.1 cm³/mol. The Hall–Kier alpha value is -2.37. The van der Waals surface area contributed by atoms with E-state index in [1.807, 2.05) is 0 Å². The minimum Gasteiger partial charge on any atom is -0.350 e. The van der Waals surface area contributed by atoms with Crippen LogP contribution < -0.4 is 16.5 Å². The smallest absolute Gasteiger partial charge is 0.332 e. The van der Waals surface area contributed by atoms with Crippen LogP contribution in [0.1, 0.15) is 12.5 Å². The van der Waals surface area contributed by atoms with E-state index >= 15 is 0 Å². The number of anilines is 1. The van der Waals surface area contributed by atoms with Gasteiger partial charge in [0.1, 0.15) is 0 Å². The lowest BCUT2D eigenvalue weighted by atomic mass is 10.2. The predicted octanol–water partition coefficient (Wildman–Crippen LogP) is 0.647. The van der Waals surface area contributed by atoms with E-state index in [4.69, 9.17) is 5.73 Å². The molecule has 0 aliphatic carbocycles. The van der Waals surface area contributed by atoms with Crippen LogP contribution in [-0.4, -0.2) is 18.2 Å². The highest BCUT2D eigenvalue weighted by molar-refractivity contribution is 5.96. The lowest BCUT2D eigenvalue weighted by Gasteiger charge is -2.05. The molecule has 0 fully saturated rings. The maximum absolute atomic E-state index is 10.9. The number of carbonyl (C=O) groups is 2. The van der Waals surface area contributed by atoms with Crippen LogP contribution in [0.15, 0.2) is 29.4 Å². The second-order valence-electron chi connectivity index (χ2n) is 3.00. The Morgan fingerprint density at radius 2 is 2.06 bits per heavy atom. The van der Waals surface area contributed by atoms with Crippen molar-refractivity contribution in [2.45, 2.75) is 6.92 Å². The average Bonchev–Trinajstić information content (AvgIpc) is 2.19. The molecule has 0 saturated heterocycles. The molecule has 6 nitrogen and oxygen atoms in total. The summed E-state index contributed by atoms with van der Waals surface area (Å²) in [6.07, 6.45) is 1.40. The first-order valence-corrected chi connectivity index (χ1v) is 4.54. The van der Waals surface area contributed by atoms with E-state index in [0.29, 0.717) is 11.3 Å². The summed E-state index contributed by atoms with van der Waals surface area (Å²) in [5, 5.41) is 6.25. The Labute approximate surface area is 92.5 Å². The molecule has 1 aromatic rings. The molecule has 0 atom stereocenters. The van der Waals surface area contributed by atoms with Crippen molar-refractivity contribution in [2.24, 2.45) is 10.8 Å². The van der Waals surface area contributed by atoms with Crippen molar-refractivity contribution in [2.75, 3.05) is 5.32 Å². The summed E-state index contributed by atoms with van der Waals surface area (Å²) in [5.74, 6) is -0.177. The molecule has 0 heterocycles. The Morgan fingerprint density at radius 1 is 1.38 bits per heavy atom. The summed E-state index contributed by atoms with van der Waals surface area (Å²) in [4.78, 5) is 21.3. The number of para-hydroxylation sites is 1. The quantitative estimate of drug-likeness (QED) is 0.515. The molecule has 3 amide bonds. The van der Waals surface area contributed by atoms with Gasteiger partial charge < -0.3 is 11.1 Å². The number of nitrogens with two attached hydrogens (primary N) is 1. The monoisotopic (exact) mass is 220 g/mol. The minimum atomic E-state index is -0.742. The van der Waals surface area contributed by atoms with E-state index in [-0.39, 0.29) is 5.91 Å². The highest BCUT2D eigenvalue weighted by atomic mass is 16.2. The first-order valence-electron chi connectivity index (χ1n) is 4.54. The van der Waals surface area contributed by atoms with Crippen molar-refractivity contribution in [3.05, 3.63) is 29.8 Å². The normalized spacial score (nSPS) is 10.1. The molecule has 4 N–H and O–H groups in total. The van der Waals surface area contributed by atoms with Gasteiger partial charge in [-0.3, -0.25) is 4.79 Å². The molecule has 0 aliphatic heterocycles. The highest BCUT2D eigenvalue weighted by Gasteiger charge is 2.00. The number of amides is 3. The van der Waals surface area contributed by atoms with Gasteiger partial charge in [-0.25, -0.2) is 10.2 Å². The Balaban J connectivity index is 2.82. The number of carbonyl (C=O) groups excluding carboxylic acids is 2. The van der Waals surface area contributed by atoms with Gasteiger partial charge in [-0.2, -0.15) is 5.10 Å². The lowest BCUT2D eigenvalue weighted by Crippen LogP contribution is -2.24. The molecule has 0 bridgehead atoms. The van der Waals surface area contributed by atoms with E-state index in [0.717, 1.165) is 0 Å². The number of nitrogens with one attached hydrogen (secondary N) is 2. The molecule has 1 rings (SSSR count). The van der Waals surface area contributed by atoms with E-state index in [9.17, 15) is 9.59 Å². The Kier molecular flexibility index (Phi) is 4.02. The zero-order valence-electron chi connectivity index (χ0n) is 8.73. The number of urea groups is 1. The van der Waals surface area contributed by atoms with Gasteiger partial charge in [0.2, 0.25) is 5.91 Å². The third-order valence-electron chi connectivity index (χ3n) is 1.65. The number of benzene rings is 1. The largest absolute Gasteiger partial charge is 0.350 e. The van der Waals surface area contributed by atoms with Crippen LogP contribution in [0.4, 0.5) is 10.5 Å². The number of hydrazone groups is 1. The molecule has 0 saturated carbocycles.